The van der Waals surface area contributed by atoms with Crippen molar-refractivity contribution in [2.75, 3.05) is 19.8 Å². The van der Waals surface area contributed by atoms with Gasteiger partial charge < -0.3 is 65.1 Å². The van der Waals surface area contributed by atoms with Gasteiger partial charge in [-0.05, 0) is 19.3 Å². The Morgan fingerprint density at radius 2 is 1.15 bits per heavy atom. The lowest BCUT2D eigenvalue weighted by Crippen LogP contribution is -2.65. The van der Waals surface area contributed by atoms with Crippen LogP contribution in [0.2, 0.25) is 0 Å². The van der Waals surface area contributed by atoms with Crippen molar-refractivity contribution in [3.8, 4) is 0 Å². The van der Waals surface area contributed by atoms with E-state index in [4.69, 9.17) is 18.9 Å². The number of hydrogen-bond acceptors (Lipinski definition) is 13. The first-order valence-electron chi connectivity index (χ1n) is 20.9. The number of rotatable bonds is 30. The molecule has 0 saturated carbocycles. The van der Waals surface area contributed by atoms with Crippen LogP contribution in [0.15, 0.2) is 12.2 Å². The Balaban J connectivity index is 1.92. The fourth-order valence-corrected chi connectivity index (χ4v) is 6.94. The minimum atomic E-state index is -1.78. The molecule has 12 atom stereocenters. The minimum absolute atomic E-state index is 0.251. The van der Waals surface area contributed by atoms with Crippen LogP contribution in [0.3, 0.4) is 0 Å². The average molecular weight is 778 g/mol. The molecule has 1 amide bonds. The van der Waals surface area contributed by atoms with E-state index in [1.54, 1.807) is 6.08 Å². The third-order valence-corrected chi connectivity index (χ3v) is 10.5. The molecule has 2 aliphatic rings. The maximum atomic E-state index is 12.9. The van der Waals surface area contributed by atoms with Gasteiger partial charge >= 0.3 is 0 Å². The Bertz CT molecular complexity index is 972. The molecule has 2 fully saturated rings. The van der Waals surface area contributed by atoms with Crippen LogP contribution in [0, 0.1) is 0 Å². The van der Waals surface area contributed by atoms with Gasteiger partial charge in [0.2, 0.25) is 5.91 Å². The summed E-state index contributed by atoms with van der Waals surface area (Å²) < 4.78 is 22.5. The molecule has 2 rings (SSSR count). The number of carbonyl (C=O) groups excluding carboxylic acids is 1. The lowest BCUT2D eigenvalue weighted by Gasteiger charge is -2.46. The van der Waals surface area contributed by atoms with Gasteiger partial charge in [-0.3, -0.25) is 4.79 Å². The highest BCUT2D eigenvalue weighted by Gasteiger charge is 2.50. The molecular formula is C40H75NO13. The second-order valence-corrected chi connectivity index (χ2v) is 15.1. The van der Waals surface area contributed by atoms with E-state index in [1.165, 1.54) is 64.2 Å². The molecule has 0 spiro atoms. The lowest BCUT2D eigenvalue weighted by atomic mass is 9.97. The molecule has 14 nitrogen and oxygen atoms in total. The lowest BCUT2D eigenvalue weighted by molar-refractivity contribution is -0.359. The van der Waals surface area contributed by atoms with Crippen LogP contribution in [0.25, 0.3) is 0 Å². The molecule has 0 aliphatic carbocycles. The van der Waals surface area contributed by atoms with Crippen LogP contribution < -0.4 is 5.32 Å². The number of hydrogen-bond donors (Lipinski definition) is 9. The molecule has 0 aromatic rings. The summed E-state index contributed by atoms with van der Waals surface area (Å²) in [7, 11) is 0. The monoisotopic (exact) mass is 778 g/mol. The molecular weight excluding hydrogens is 702 g/mol. The zero-order chi connectivity index (χ0) is 39.7. The second-order valence-electron chi connectivity index (χ2n) is 15.1. The van der Waals surface area contributed by atoms with Crippen molar-refractivity contribution >= 4 is 5.91 Å². The molecule has 2 aliphatic heterocycles. The fraction of sp³-hybridized carbons (Fsp3) is 0.925. The van der Waals surface area contributed by atoms with Crippen LogP contribution in [0.4, 0.5) is 0 Å². The topological polar surface area (TPSA) is 228 Å². The van der Waals surface area contributed by atoms with Crippen LogP contribution in [0.5, 0.6) is 0 Å². The summed E-state index contributed by atoms with van der Waals surface area (Å²) >= 11 is 0. The van der Waals surface area contributed by atoms with Gasteiger partial charge in [-0.2, -0.15) is 0 Å². The molecule has 2 heterocycles. The van der Waals surface area contributed by atoms with Crippen molar-refractivity contribution in [3.05, 3.63) is 12.2 Å². The summed E-state index contributed by atoms with van der Waals surface area (Å²) in [6.07, 6.45) is 8.74. The average Bonchev–Trinajstić information content (AvgIpc) is 3.17. The van der Waals surface area contributed by atoms with Gasteiger partial charge in [0.05, 0.1) is 32.0 Å². The third kappa shape index (κ3) is 17.9. The van der Waals surface area contributed by atoms with E-state index in [9.17, 15) is 45.6 Å². The molecule has 318 valence electrons. The Kier molecular flexibility index (Phi) is 26.3. The number of unbranched alkanes of at least 4 members (excludes halogenated alkanes) is 17. The van der Waals surface area contributed by atoms with E-state index in [0.717, 1.165) is 51.4 Å². The highest BCUT2D eigenvalue weighted by atomic mass is 16.7. The molecule has 0 aromatic heterocycles. The molecule has 0 radical (unpaired) electrons. The Hall–Kier alpha value is -1.27. The van der Waals surface area contributed by atoms with Crippen LogP contribution >= 0.6 is 0 Å². The zero-order valence-electron chi connectivity index (χ0n) is 33.0. The molecule has 14 heteroatoms. The summed E-state index contributed by atoms with van der Waals surface area (Å²) in [6, 6.07) is -0.903. The van der Waals surface area contributed by atoms with Crippen molar-refractivity contribution in [1.82, 2.24) is 5.32 Å². The van der Waals surface area contributed by atoms with Gasteiger partial charge in [-0.1, -0.05) is 129 Å². The Labute approximate surface area is 323 Å². The normalized spacial score (nSPS) is 30.1. The highest BCUT2D eigenvalue weighted by Crippen LogP contribution is 2.30. The first-order chi connectivity index (χ1) is 26.1. The molecule has 0 bridgehead atoms. The van der Waals surface area contributed by atoms with E-state index in [-0.39, 0.29) is 18.9 Å². The van der Waals surface area contributed by atoms with Crippen LogP contribution in [-0.4, -0.2) is 140 Å². The maximum Gasteiger partial charge on any atom is 0.220 e. The van der Waals surface area contributed by atoms with Crippen molar-refractivity contribution in [3.63, 3.8) is 0 Å². The number of aliphatic hydroxyl groups is 8. The fourth-order valence-electron chi connectivity index (χ4n) is 6.94. The molecule has 2 saturated heterocycles. The van der Waals surface area contributed by atoms with E-state index in [2.05, 4.69) is 19.2 Å². The largest absolute Gasteiger partial charge is 0.394 e. The van der Waals surface area contributed by atoms with Crippen molar-refractivity contribution in [2.45, 2.75) is 216 Å². The van der Waals surface area contributed by atoms with Crippen molar-refractivity contribution < 1.29 is 64.6 Å². The number of allylic oxidation sites excluding steroid dienone is 1. The summed E-state index contributed by atoms with van der Waals surface area (Å²) in [5.74, 6) is -0.251. The SMILES string of the molecule is CCCCCCCCCCCCCC/C=C/C(O)C(COC1OC(CO)C(OC2OC(CO)C(O)C(O)C2O)C(O)C1O)NC(=O)CCCCCCCC. The Morgan fingerprint density at radius 3 is 1.70 bits per heavy atom. The highest BCUT2D eigenvalue weighted by molar-refractivity contribution is 5.76. The van der Waals surface area contributed by atoms with Gasteiger partial charge in [0.1, 0.15) is 48.8 Å². The van der Waals surface area contributed by atoms with Crippen molar-refractivity contribution in [1.29, 1.82) is 0 Å². The number of aliphatic hydroxyl groups excluding tert-OH is 8. The van der Waals surface area contributed by atoms with Crippen LogP contribution in [-0.2, 0) is 23.7 Å². The smallest absolute Gasteiger partial charge is 0.220 e. The summed E-state index contributed by atoms with van der Waals surface area (Å²) in [6.45, 7) is 2.67. The first-order valence-corrected chi connectivity index (χ1v) is 20.9. The van der Waals surface area contributed by atoms with Gasteiger partial charge in [-0.25, -0.2) is 0 Å². The van der Waals surface area contributed by atoms with Crippen molar-refractivity contribution in [2.24, 2.45) is 0 Å². The quantitative estimate of drug-likeness (QED) is 0.0378. The number of carbonyl (C=O) groups is 1. The zero-order valence-corrected chi connectivity index (χ0v) is 33.0. The van der Waals surface area contributed by atoms with Gasteiger partial charge in [0.25, 0.3) is 0 Å². The predicted octanol–water partition coefficient (Wildman–Crippen LogP) is 2.87. The minimum Gasteiger partial charge on any atom is -0.394 e. The maximum absolute atomic E-state index is 12.9. The van der Waals surface area contributed by atoms with E-state index in [0.29, 0.717) is 6.42 Å². The van der Waals surface area contributed by atoms with Crippen LogP contribution in [0.1, 0.15) is 142 Å². The van der Waals surface area contributed by atoms with Gasteiger partial charge in [0.15, 0.2) is 12.6 Å². The molecule has 12 unspecified atom stereocenters. The van der Waals surface area contributed by atoms with E-state index < -0.39 is 86.8 Å². The summed E-state index contributed by atoms with van der Waals surface area (Å²) in [5.41, 5.74) is 0. The third-order valence-electron chi connectivity index (χ3n) is 10.5. The standard InChI is InChI=1S/C40H75NO13/c1-3-5-7-9-11-12-13-14-15-16-17-18-19-21-23-29(44)28(41-32(45)24-22-20-10-8-6-4-2)27-51-39-37(50)35(48)38(31(26-43)53-39)54-40-36(49)34(47)33(46)30(25-42)52-40/h21,23,28-31,33-40,42-44,46-50H,3-20,22,24-27H2,1-2H3,(H,41,45)/b23-21+. The second kappa shape index (κ2) is 29.0. The summed E-state index contributed by atoms with van der Waals surface area (Å²) in [5, 5.41) is 86.0. The molecule has 9 N–H and O–H groups in total. The number of nitrogens with one attached hydrogen (secondary N) is 1. The number of ether oxygens (including phenoxy) is 4. The summed E-state index contributed by atoms with van der Waals surface area (Å²) in [4.78, 5) is 12.9. The van der Waals surface area contributed by atoms with Gasteiger partial charge in [0, 0.05) is 6.42 Å². The van der Waals surface area contributed by atoms with Gasteiger partial charge in [-0.15, -0.1) is 0 Å². The first kappa shape index (κ1) is 48.9. The predicted molar refractivity (Wildman–Crippen MR) is 203 cm³/mol. The molecule has 54 heavy (non-hydrogen) atoms. The van der Waals surface area contributed by atoms with E-state index >= 15 is 0 Å². The number of amides is 1. The molecule has 0 aromatic carbocycles. The Morgan fingerprint density at radius 1 is 0.648 bits per heavy atom. The van der Waals surface area contributed by atoms with E-state index in [1.807, 2.05) is 6.08 Å².